The normalized spacial score (nSPS) is 58.2. The molecule has 0 aromatic rings. The largest absolute Gasteiger partial charge is 0.393 e. The van der Waals surface area contributed by atoms with Crippen molar-refractivity contribution >= 4 is 0 Å². The summed E-state index contributed by atoms with van der Waals surface area (Å²) in [7, 11) is 0. The van der Waals surface area contributed by atoms with Crippen LogP contribution in [0.2, 0.25) is 0 Å². The fourth-order valence-electron chi connectivity index (χ4n) is 8.46. The number of rotatable bonds is 5. The van der Waals surface area contributed by atoms with Gasteiger partial charge in [0, 0.05) is 5.48 Å². The van der Waals surface area contributed by atoms with E-state index in [0.717, 1.165) is 37.0 Å². The van der Waals surface area contributed by atoms with Crippen molar-refractivity contribution in [3.63, 3.8) is 0 Å². The van der Waals surface area contributed by atoms with Gasteiger partial charge in [-0.3, -0.25) is 0 Å². The van der Waals surface area contributed by atoms with Gasteiger partial charge in [0.1, 0.15) is 0 Å². The Morgan fingerprint density at radius 3 is 2.46 bits per heavy atom. The van der Waals surface area contributed by atoms with Gasteiger partial charge in [-0.15, -0.1) is 0 Å². The summed E-state index contributed by atoms with van der Waals surface area (Å²) in [4.78, 5) is 0. The molecule has 0 bridgehead atoms. The molecule has 0 aromatic heterocycles. The second kappa shape index (κ2) is 7.90. The van der Waals surface area contributed by atoms with Crippen LogP contribution in [0, 0.1) is 52.3 Å². The Bertz CT molecular complexity index is 736. The summed E-state index contributed by atoms with van der Waals surface area (Å²) >= 11 is 0. The molecule has 0 amide bonds. The van der Waals surface area contributed by atoms with Crippen molar-refractivity contribution < 1.29 is 12.0 Å². The van der Waals surface area contributed by atoms with Crippen molar-refractivity contribution in [1.29, 1.82) is 0 Å². The van der Waals surface area contributed by atoms with Crippen LogP contribution in [-0.2, 0) is 0 Å². The second-order valence-corrected chi connectivity index (χ2v) is 11.9. The van der Waals surface area contributed by atoms with Gasteiger partial charge in [-0.2, -0.15) is 0 Å². The average Bonchev–Trinajstić information content (AvgIpc) is 3.03. The van der Waals surface area contributed by atoms with Crippen LogP contribution in [0.3, 0.4) is 0 Å². The standard InChI is InChI=1S/C27H48O/c1-18(2)7-6-8-19(3)23-11-12-24-22-10-9-20-17-21(28)13-15-26(20,4)25(22)14-16-27(23,24)5/h18-25,28H,6-17H2,1-5H3/t19?,20-,21-,22-,23+,24-,25-,26-,27+/m0/s1/i13D2,17D2,21D. The van der Waals surface area contributed by atoms with Crippen LogP contribution in [0.25, 0.3) is 0 Å². The molecule has 1 unspecified atom stereocenters. The van der Waals surface area contributed by atoms with Crippen LogP contribution >= 0.6 is 0 Å². The SMILES string of the molecule is [2H]C1([2H])C[C@]2(C)[C@H]3CC[C@]4(C)[C@@H](C(C)CCCC(C)C)CC[C@H]4[C@@H]3CC[C@H]2C([2H])([2H])[C@@]1([2H])O. The molecule has 0 saturated heterocycles. The van der Waals surface area contributed by atoms with Crippen LogP contribution in [0.1, 0.15) is 118 Å². The van der Waals surface area contributed by atoms with E-state index < -0.39 is 30.2 Å². The summed E-state index contributed by atoms with van der Waals surface area (Å²) in [5, 5.41) is 10.7. The van der Waals surface area contributed by atoms with E-state index in [0.29, 0.717) is 29.6 Å². The Hall–Kier alpha value is -0.0400. The van der Waals surface area contributed by atoms with Gasteiger partial charge in [-0.25, -0.2) is 0 Å². The molecular weight excluding hydrogens is 340 g/mol. The van der Waals surface area contributed by atoms with E-state index in [2.05, 4.69) is 34.6 Å². The molecule has 4 saturated carbocycles. The summed E-state index contributed by atoms with van der Waals surface area (Å²) < 4.78 is 42.7. The van der Waals surface area contributed by atoms with Crippen molar-refractivity contribution in [3.05, 3.63) is 0 Å². The van der Waals surface area contributed by atoms with Gasteiger partial charge in [0.25, 0.3) is 0 Å². The van der Waals surface area contributed by atoms with E-state index in [4.69, 9.17) is 6.85 Å². The summed E-state index contributed by atoms with van der Waals surface area (Å²) in [5.74, 6) is 3.32. The summed E-state index contributed by atoms with van der Waals surface area (Å²) in [5.41, 5.74) is -0.143. The number of aliphatic hydroxyl groups is 1. The van der Waals surface area contributed by atoms with E-state index in [9.17, 15) is 5.11 Å². The second-order valence-electron chi connectivity index (χ2n) is 11.9. The average molecular weight is 394 g/mol. The lowest BCUT2D eigenvalue weighted by Gasteiger charge is -2.61. The Balaban J connectivity index is 1.56. The monoisotopic (exact) mass is 393 g/mol. The van der Waals surface area contributed by atoms with E-state index in [1.807, 2.05) is 0 Å². The van der Waals surface area contributed by atoms with Crippen molar-refractivity contribution in [2.45, 2.75) is 118 Å². The van der Waals surface area contributed by atoms with Gasteiger partial charge in [-0.1, -0.05) is 53.9 Å². The minimum absolute atomic E-state index is 0.101. The molecule has 0 aromatic carbocycles. The first-order chi connectivity index (χ1) is 15.1. The molecule has 0 spiro atoms. The maximum atomic E-state index is 10.7. The van der Waals surface area contributed by atoms with E-state index >= 15 is 0 Å². The Morgan fingerprint density at radius 2 is 1.71 bits per heavy atom. The lowest BCUT2D eigenvalue weighted by Crippen LogP contribution is -2.54. The molecule has 4 aliphatic rings. The van der Waals surface area contributed by atoms with Gasteiger partial charge >= 0.3 is 0 Å². The van der Waals surface area contributed by atoms with Crippen molar-refractivity contribution in [2.24, 2.45) is 52.3 Å². The van der Waals surface area contributed by atoms with Gasteiger partial charge < -0.3 is 5.11 Å². The molecule has 9 atom stereocenters. The molecule has 1 heteroatoms. The number of fused-ring (bicyclic) bond motifs is 5. The number of hydrogen-bond acceptors (Lipinski definition) is 1. The molecule has 4 rings (SSSR count). The highest BCUT2D eigenvalue weighted by atomic mass is 16.3. The van der Waals surface area contributed by atoms with E-state index in [1.54, 1.807) is 0 Å². The summed E-state index contributed by atoms with van der Waals surface area (Å²) in [6.07, 6.45) is 3.31. The molecule has 1 N–H and O–H groups in total. The van der Waals surface area contributed by atoms with Crippen LogP contribution in [0.4, 0.5) is 0 Å². The Kier molecular flexibility index (Phi) is 4.43. The van der Waals surface area contributed by atoms with Crippen molar-refractivity contribution in [3.8, 4) is 0 Å². The van der Waals surface area contributed by atoms with Crippen molar-refractivity contribution in [1.82, 2.24) is 0 Å². The molecule has 0 radical (unpaired) electrons. The van der Waals surface area contributed by atoms with Crippen LogP contribution in [0.5, 0.6) is 0 Å². The molecule has 4 fully saturated rings. The Labute approximate surface area is 182 Å². The predicted octanol–water partition coefficient (Wildman–Crippen LogP) is 7.47. The quantitative estimate of drug-likeness (QED) is 0.513. The predicted molar refractivity (Wildman–Crippen MR) is 119 cm³/mol. The third-order valence-corrected chi connectivity index (χ3v) is 10.0. The fourth-order valence-corrected chi connectivity index (χ4v) is 8.46. The zero-order valence-corrected chi connectivity index (χ0v) is 19.1. The minimum atomic E-state index is -2.69. The molecule has 28 heavy (non-hydrogen) atoms. The first kappa shape index (κ1) is 15.7. The van der Waals surface area contributed by atoms with Gasteiger partial charge in [-0.05, 0) is 110 Å². The van der Waals surface area contributed by atoms with Crippen LogP contribution < -0.4 is 0 Å². The van der Waals surface area contributed by atoms with Gasteiger partial charge in [0.15, 0.2) is 0 Å². The first-order valence-electron chi connectivity index (χ1n) is 14.8. The highest BCUT2D eigenvalue weighted by Gasteiger charge is 2.60. The fraction of sp³-hybridized carbons (Fsp3) is 1.00. The summed E-state index contributed by atoms with van der Waals surface area (Å²) in [6.45, 7) is 11.7. The maximum Gasteiger partial charge on any atom is 0.0600 e. The third-order valence-electron chi connectivity index (χ3n) is 10.0. The van der Waals surface area contributed by atoms with E-state index in [-0.39, 0.29) is 6.42 Å². The topological polar surface area (TPSA) is 20.2 Å². The lowest BCUT2D eigenvalue weighted by molar-refractivity contribution is -0.129. The zero-order valence-electron chi connectivity index (χ0n) is 24.1. The highest BCUT2D eigenvalue weighted by Crippen LogP contribution is 2.68. The molecular formula is C27H48O. The molecule has 4 aliphatic carbocycles. The molecule has 1 nitrogen and oxygen atoms in total. The Morgan fingerprint density at radius 1 is 0.964 bits per heavy atom. The molecule has 162 valence electrons. The van der Waals surface area contributed by atoms with Crippen molar-refractivity contribution in [2.75, 3.05) is 0 Å². The van der Waals surface area contributed by atoms with E-state index in [1.165, 1.54) is 32.1 Å². The zero-order chi connectivity index (χ0) is 24.6. The summed E-state index contributed by atoms with van der Waals surface area (Å²) in [6, 6.07) is 0. The molecule has 0 heterocycles. The lowest BCUT2D eigenvalue weighted by atomic mass is 9.44. The highest BCUT2D eigenvalue weighted by molar-refractivity contribution is 5.09. The maximum absolute atomic E-state index is 10.7. The number of hydrogen-bond donors (Lipinski definition) is 1. The van der Waals surface area contributed by atoms with Gasteiger partial charge in [0.05, 0.1) is 7.45 Å². The van der Waals surface area contributed by atoms with Gasteiger partial charge in [0.2, 0.25) is 0 Å². The molecule has 0 aliphatic heterocycles. The van der Waals surface area contributed by atoms with Crippen LogP contribution in [0.15, 0.2) is 0 Å². The van der Waals surface area contributed by atoms with Crippen LogP contribution in [-0.4, -0.2) is 11.2 Å². The first-order valence-corrected chi connectivity index (χ1v) is 12.3. The smallest absolute Gasteiger partial charge is 0.0600 e. The minimum Gasteiger partial charge on any atom is -0.393 e. The third kappa shape index (κ3) is 3.50.